The second kappa shape index (κ2) is 9.99. The molecule has 1 unspecified atom stereocenters. The SMILES string of the molecule is C=CC(=O)N1CCC(Cc2cnc(Oc3ccc(Oc4ccccc4)cc3)c(C(N)=O)c2)C1. The van der Waals surface area contributed by atoms with Gasteiger partial charge in [-0.1, -0.05) is 24.8 Å². The first-order valence-corrected chi connectivity index (χ1v) is 10.7. The first kappa shape index (κ1) is 22.1. The van der Waals surface area contributed by atoms with Crippen molar-refractivity contribution in [1.82, 2.24) is 9.88 Å². The van der Waals surface area contributed by atoms with Crippen LogP contribution in [0.15, 0.2) is 79.5 Å². The van der Waals surface area contributed by atoms with Crippen molar-refractivity contribution in [2.24, 2.45) is 11.7 Å². The van der Waals surface area contributed by atoms with Gasteiger partial charge >= 0.3 is 0 Å². The lowest BCUT2D eigenvalue weighted by Crippen LogP contribution is -2.26. The van der Waals surface area contributed by atoms with Gasteiger partial charge in [-0.25, -0.2) is 4.98 Å². The molecule has 2 amide bonds. The van der Waals surface area contributed by atoms with Crippen LogP contribution in [0, 0.1) is 5.92 Å². The van der Waals surface area contributed by atoms with Crippen LogP contribution in [0.4, 0.5) is 0 Å². The van der Waals surface area contributed by atoms with Crippen molar-refractivity contribution in [1.29, 1.82) is 0 Å². The molecule has 1 atom stereocenters. The average Bonchev–Trinajstić information content (AvgIpc) is 3.30. The fourth-order valence-corrected chi connectivity index (χ4v) is 3.84. The number of benzene rings is 2. The predicted molar refractivity (Wildman–Crippen MR) is 124 cm³/mol. The van der Waals surface area contributed by atoms with E-state index in [2.05, 4.69) is 11.6 Å². The zero-order valence-electron chi connectivity index (χ0n) is 18.1. The fourth-order valence-electron chi connectivity index (χ4n) is 3.84. The van der Waals surface area contributed by atoms with E-state index in [-0.39, 0.29) is 17.4 Å². The van der Waals surface area contributed by atoms with E-state index in [0.29, 0.717) is 36.9 Å². The van der Waals surface area contributed by atoms with E-state index in [9.17, 15) is 9.59 Å². The van der Waals surface area contributed by atoms with Crippen molar-refractivity contribution >= 4 is 11.8 Å². The zero-order chi connectivity index (χ0) is 23.2. The summed E-state index contributed by atoms with van der Waals surface area (Å²) in [5.41, 5.74) is 6.68. The summed E-state index contributed by atoms with van der Waals surface area (Å²) in [4.78, 5) is 30.0. The van der Waals surface area contributed by atoms with Gasteiger partial charge in [-0.3, -0.25) is 9.59 Å². The summed E-state index contributed by atoms with van der Waals surface area (Å²) in [7, 11) is 0. The number of nitrogens with two attached hydrogens (primary N) is 1. The van der Waals surface area contributed by atoms with Crippen LogP contribution in [0.3, 0.4) is 0 Å². The summed E-state index contributed by atoms with van der Waals surface area (Å²) in [6.07, 6.45) is 4.61. The minimum atomic E-state index is -0.613. The Hall–Kier alpha value is -4.13. The van der Waals surface area contributed by atoms with Gasteiger partial charge in [0.1, 0.15) is 22.8 Å². The molecule has 1 fully saturated rings. The van der Waals surface area contributed by atoms with Crippen molar-refractivity contribution in [3.63, 3.8) is 0 Å². The number of aromatic nitrogens is 1. The van der Waals surface area contributed by atoms with Gasteiger partial charge in [-0.2, -0.15) is 0 Å². The first-order chi connectivity index (χ1) is 16.0. The molecule has 4 rings (SSSR count). The maximum absolute atomic E-state index is 12.1. The Bertz CT molecular complexity index is 1150. The van der Waals surface area contributed by atoms with E-state index < -0.39 is 5.91 Å². The van der Waals surface area contributed by atoms with Crippen molar-refractivity contribution in [3.05, 3.63) is 90.6 Å². The molecule has 7 heteroatoms. The molecule has 2 N–H and O–H groups in total. The molecule has 168 valence electrons. The Morgan fingerprint density at radius 2 is 1.73 bits per heavy atom. The van der Waals surface area contributed by atoms with E-state index in [0.717, 1.165) is 17.7 Å². The molecule has 0 radical (unpaired) electrons. The van der Waals surface area contributed by atoms with E-state index in [1.54, 1.807) is 41.4 Å². The van der Waals surface area contributed by atoms with Gasteiger partial charge < -0.3 is 20.1 Å². The highest BCUT2D eigenvalue weighted by Gasteiger charge is 2.25. The summed E-state index contributed by atoms with van der Waals surface area (Å²) in [6, 6.07) is 18.2. The van der Waals surface area contributed by atoms with Crippen LogP contribution in [0.25, 0.3) is 0 Å². The Morgan fingerprint density at radius 3 is 2.39 bits per heavy atom. The number of pyridine rings is 1. The van der Waals surface area contributed by atoms with Crippen LogP contribution < -0.4 is 15.2 Å². The number of carbonyl (C=O) groups is 2. The lowest BCUT2D eigenvalue weighted by molar-refractivity contribution is -0.125. The van der Waals surface area contributed by atoms with Crippen LogP contribution in [0.1, 0.15) is 22.3 Å². The average molecular weight is 444 g/mol. The number of rotatable bonds is 8. The summed E-state index contributed by atoms with van der Waals surface area (Å²) < 4.78 is 11.6. The van der Waals surface area contributed by atoms with Gasteiger partial charge in [0.2, 0.25) is 11.8 Å². The van der Waals surface area contributed by atoms with E-state index in [1.165, 1.54) is 6.08 Å². The normalized spacial score (nSPS) is 15.2. The molecule has 1 saturated heterocycles. The standard InChI is InChI=1S/C26H25N3O4/c1-2-24(30)29-13-12-18(17-29)14-19-15-23(25(27)31)26(28-16-19)33-22-10-8-21(9-11-22)32-20-6-4-3-5-7-20/h2-11,15-16,18H,1,12-14,17H2,(H2,27,31). The number of amides is 2. The predicted octanol–water partition coefficient (Wildman–Crippen LogP) is 4.34. The van der Waals surface area contributed by atoms with Gasteiger partial charge in [0.25, 0.3) is 5.91 Å². The third-order valence-corrected chi connectivity index (χ3v) is 5.49. The monoisotopic (exact) mass is 443 g/mol. The van der Waals surface area contributed by atoms with Crippen molar-refractivity contribution in [2.45, 2.75) is 12.8 Å². The highest BCUT2D eigenvalue weighted by atomic mass is 16.5. The summed E-state index contributed by atoms with van der Waals surface area (Å²) in [6.45, 7) is 4.90. The van der Waals surface area contributed by atoms with Crippen LogP contribution in [-0.4, -0.2) is 34.8 Å². The molecular weight excluding hydrogens is 418 g/mol. The van der Waals surface area contributed by atoms with Crippen LogP contribution in [0.2, 0.25) is 0 Å². The molecule has 7 nitrogen and oxygen atoms in total. The van der Waals surface area contributed by atoms with Gasteiger partial charge in [0.05, 0.1) is 0 Å². The Labute approximate surface area is 192 Å². The summed E-state index contributed by atoms with van der Waals surface area (Å²) >= 11 is 0. The Kier molecular flexibility index (Phi) is 6.69. The molecule has 1 aliphatic heterocycles. The van der Waals surface area contributed by atoms with Gasteiger partial charge in [0.15, 0.2) is 0 Å². The van der Waals surface area contributed by atoms with Gasteiger partial charge in [0, 0.05) is 19.3 Å². The van der Waals surface area contributed by atoms with Crippen LogP contribution in [-0.2, 0) is 11.2 Å². The minimum Gasteiger partial charge on any atom is -0.457 e. The van der Waals surface area contributed by atoms with Crippen LogP contribution >= 0.6 is 0 Å². The maximum Gasteiger partial charge on any atom is 0.254 e. The topological polar surface area (TPSA) is 94.8 Å². The van der Waals surface area contributed by atoms with Crippen molar-refractivity contribution < 1.29 is 19.1 Å². The smallest absolute Gasteiger partial charge is 0.254 e. The number of likely N-dealkylation sites (tertiary alicyclic amines) is 1. The highest BCUT2D eigenvalue weighted by Crippen LogP contribution is 2.29. The number of para-hydroxylation sites is 1. The molecule has 0 bridgehead atoms. The Balaban J connectivity index is 1.43. The highest BCUT2D eigenvalue weighted by molar-refractivity contribution is 5.95. The van der Waals surface area contributed by atoms with E-state index in [4.69, 9.17) is 15.2 Å². The number of nitrogens with zero attached hydrogens (tertiary/aromatic N) is 2. The number of hydrogen-bond acceptors (Lipinski definition) is 5. The number of primary amides is 1. The molecule has 1 aromatic heterocycles. The largest absolute Gasteiger partial charge is 0.457 e. The lowest BCUT2D eigenvalue weighted by atomic mass is 9.99. The third kappa shape index (κ3) is 5.57. The van der Waals surface area contributed by atoms with Crippen LogP contribution in [0.5, 0.6) is 23.1 Å². The molecule has 2 aromatic carbocycles. The number of ether oxygens (including phenoxy) is 2. The Morgan fingerprint density at radius 1 is 1.06 bits per heavy atom. The maximum atomic E-state index is 12.1. The molecular formula is C26H25N3O4. The minimum absolute atomic E-state index is 0.0580. The molecule has 0 saturated carbocycles. The molecule has 0 spiro atoms. The summed E-state index contributed by atoms with van der Waals surface area (Å²) in [5, 5.41) is 0. The second-order valence-electron chi connectivity index (χ2n) is 7.90. The molecule has 3 aromatic rings. The number of hydrogen-bond donors (Lipinski definition) is 1. The van der Waals surface area contributed by atoms with Gasteiger partial charge in [-0.05, 0) is 72.9 Å². The quantitative estimate of drug-likeness (QED) is 0.523. The molecule has 2 heterocycles. The second-order valence-corrected chi connectivity index (χ2v) is 7.90. The molecule has 33 heavy (non-hydrogen) atoms. The molecule has 0 aliphatic carbocycles. The third-order valence-electron chi connectivity index (χ3n) is 5.49. The van der Waals surface area contributed by atoms with E-state index >= 15 is 0 Å². The first-order valence-electron chi connectivity index (χ1n) is 10.7. The zero-order valence-corrected chi connectivity index (χ0v) is 18.1. The summed E-state index contributed by atoms with van der Waals surface area (Å²) in [5.74, 6) is 1.67. The van der Waals surface area contributed by atoms with Gasteiger partial charge in [-0.15, -0.1) is 0 Å². The molecule has 1 aliphatic rings. The van der Waals surface area contributed by atoms with Crippen molar-refractivity contribution in [3.8, 4) is 23.1 Å². The lowest BCUT2D eigenvalue weighted by Gasteiger charge is -2.15. The van der Waals surface area contributed by atoms with Crippen molar-refractivity contribution in [2.75, 3.05) is 13.1 Å². The van der Waals surface area contributed by atoms with E-state index in [1.807, 2.05) is 30.3 Å². The fraction of sp³-hybridized carbons (Fsp3) is 0.192. The number of carbonyl (C=O) groups excluding carboxylic acids is 2.